The summed E-state index contributed by atoms with van der Waals surface area (Å²) in [6.45, 7) is 1.98. The Kier molecular flexibility index (Phi) is 4.30. The highest BCUT2D eigenvalue weighted by Gasteiger charge is 2.12. The summed E-state index contributed by atoms with van der Waals surface area (Å²) in [6.07, 6.45) is 1.77. The summed E-state index contributed by atoms with van der Waals surface area (Å²) in [4.78, 5) is 16.7. The highest BCUT2D eigenvalue weighted by molar-refractivity contribution is 7.13. The third-order valence-corrected chi connectivity index (χ3v) is 4.27. The van der Waals surface area contributed by atoms with Gasteiger partial charge in [-0.1, -0.05) is 42.5 Å². The van der Waals surface area contributed by atoms with Gasteiger partial charge in [0, 0.05) is 22.7 Å². The Bertz CT molecular complexity index is 754. The lowest BCUT2D eigenvalue weighted by atomic mass is 10.1. The summed E-state index contributed by atoms with van der Waals surface area (Å²) in [7, 11) is 0. The second-order valence-corrected chi connectivity index (χ2v) is 5.92. The zero-order valence-corrected chi connectivity index (χ0v) is 13.0. The van der Waals surface area contributed by atoms with Crippen LogP contribution in [0.15, 0.2) is 66.2 Å². The topological polar surface area (TPSA) is 42.0 Å². The molecule has 4 heteroatoms. The fraction of sp³-hybridized carbons (Fsp3) is 0.111. The number of rotatable bonds is 4. The average Bonchev–Trinajstić information content (AvgIpc) is 3.10. The smallest absolute Gasteiger partial charge is 0.251 e. The molecule has 0 aliphatic rings. The summed E-state index contributed by atoms with van der Waals surface area (Å²) in [5.41, 5.74) is 2.71. The first-order chi connectivity index (χ1) is 10.7. The van der Waals surface area contributed by atoms with Crippen LogP contribution in [0.4, 0.5) is 0 Å². The largest absolute Gasteiger partial charge is 0.346 e. The number of benzene rings is 2. The second-order valence-electron chi connectivity index (χ2n) is 5.02. The third-order valence-electron chi connectivity index (χ3n) is 3.45. The lowest BCUT2D eigenvalue weighted by molar-refractivity contribution is 0.0940. The van der Waals surface area contributed by atoms with E-state index in [2.05, 4.69) is 10.3 Å². The normalized spacial score (nSPS) is 11.9. The van der Waals surface area contributed by atoms with Gasteiger partial charge in [-0.3, -0.25) is 4.79 Å². The molecule has 0 fully saturated rings. The number of carbonyl (C=O) groups is 1. The van der Waals surface area contributed by atoms with Crippen molar-refractivity contribution < 1.29 is 4.79 Å². The second kappa shape index (κ2) is 6.54. The van der Waals surface area contributed by atoms with Gasteiger partial charge in [0.1, 0.15) is 5.01 Å². The summed E-state index contributed by atoms with van der Waals surface area (Å²) in [5, 5.41) is 5.88. The van der Waals surface area contributed by atoms with Crippen LogP contribution in [0.3, 0.4) is 0 Å². The molecule has 0 spiro atoms. The van der Waals surface area contributed by atoms with Crippen LogP contribution in [0.5, 0.6) is 0 Å². The first-order valence-electron chi connectivity index (χ1n) is 7.10. The Hall–Kier alpha value is -2.46. The van der Waals surface area contributed by atoms with Crippen molar-refractivity contribution in [3.8, 4) is 10.6 Å². The van der Waals surface area contributed by atoms with Crippen LogP contribution in [0.2, 0.25) is 0 Å². The molecular weight excluding hydrogens is 292 g/mol. The number of nitrogens with zero attached hydrogens (tertiary/aromatic N) is 1. The molecule has 2 aromatic carbocycles. The molecule has 0 bridgehead atoms. The lowest BCUT2D eigenvalue weighted by Gasteiger charge is -2.14. The predicted molar refractivity (Wildman–Crippen MR) is 89.9 cm³/mol. The molecule has 1 heterocycles. The Labute approximate surface area is 133 Å². The van der Waals surface area contributed by atoms with Crippen LogP contribution in [-0.4, -0.2) is 10.9 Å². The van der Waals surface area contributed by atoms with Crippen molar-refractivity contribution in [3.05, 3.63) is 77.3 Å². The van der Waals surface area contributed by atoms with Crippen LogP contribution < -0.4 is 5.32 Å². The number of hydrogen-bond acceptors (Lipinski definition) is 3. The Morgan fingerprint density at radius 1 is 1.14 bits per heavy atom. The molecule has 0 aliphatic heterocycles. The molecule has 1 amide bonds. The van der Waals surface area contributed by atoms with Gasteiger partial charge in [-0.15, -0.1) is 11.3 Å². The molecule has 0 radical (unpaired) electrons. The quantitative estimate of drug-likeness (QED) is 0.780. The summed E-state index contributed by atoms with van der Waals surface area (Å²) in [5.74, 6) is -0.0743. The minimum atomic E-state index is -0.0743. The number of carbonyl (C=O) groups excluding carboxylic acids is 1. The molecule has 3 rings (SSSR count). The van der Waals surface area contributed by atoms with Crippen LogP contribution in [-0.2, 0) is 0 Å². The average molecular weight is 308 g/mol. The molecule has 1 atom stereocenters. The monoisotopic (exact) mass is 308 g/mol. The molecule has 110 valence electrons. The molecule has 1 unspecified atom stereocenters. The molecule has 3 aromatic rings. The zero-order chi connectivity index (χ0) is 15.4. The van der Waals surface area contributed by atoms with Gasteiger partial charge in [-0.25, -0.2) is 4.98 Å². The summed E-state index contributed by atoms with van der Waals surface area (Å²) in [6, 6.07) is 17.5. The van der Waals surface area contributed by atoms with Crippen LogP contribution in [0.25, 0.3) is 10.6 Å². The van der Waals surface area contributed by atoms with Crippen molar-refractivity contribution in [1.82, 2.24) is 10.3 Å². The van der Waals surface area contributed by atoms with Crippen LogP contribution >= 0.6 is 11.3 Å². The molecular formula is C18H16N2OS. The molecule has 0 saturated heterocycles. The highest BCUT2D eigenvalue weighted by Crippen LogP contribution is 2.22. The van der Waals surface area contributed by atoms with Gasteiger partial charge in [0.05, 0.1) is 6.04 Å². The first-order valence-corrected chi connectivity index (χ1v) is 7.98. The van der Waals surface area contributed by atoms with E-state index in [1.807, 2.05) is 66.9 Å². The maximum absolute atomic E-state index is 12.4. The maximum Gasteiger partial charge on any atom is 0.251 e. The minimum absolute atomic E-state index is 0.0304. The van der Waals surface area contributed by atoms with Gasteiger partial charge in [0.15, 0.2) is 0 Å². The van der Waals surface area contributed by atoms with Gasteiger partial charge in [0.25, 0.3) is 5.91 Å². The van der Waals surface area contributed by atoms with E-state index in [-0.39, 0.29) is 11.9 Å². The van der Waals surface area contributed by atoms with E-state index >= 15 is 0 Å². The van der Waals surface area contributed by atoms with Gasteiger partial charge in [0.2, 0.25) is 0 Å². The molecule has 0 saturated carbocycles. The molecule has 1 aromatic heterocycles. The highest BCUT2D eigenvalue weighted by atomic mass is 32.1. The summed E-state index contributed by atoms with van der Waals surface area (Å²) < 4.78 is 0. The van der Waals surface area contributed by atoms with Crippen LogP contribution in [0, 0.1) is 0 Å². The molecule has 3 nitrogen and oxygen atoms in total. The van der Waals surface area contributed by atoms with Crippen molar-refractivity contribution in [3.63, 3.8) is 0 Å². The minimum Gasteiger partial charge on any atom is -0.346 e. The maximum atomic E-state index is 12.4. The van der Waals surface area contributed by atoms with Crippen LogP contribution in [0.1, 0.15) is 28.9 Å². The molecule has 1 N–H and O–H groups in total. The van der Waals surface area contributed by atoms with Gasteiger partial charge in [-0.05, 0) is 24.6 Å². The van der Waals surface area contributed by atoms with E-state index in [1.165, 1.54) is 0 Å². The van der Waals surface area contributed by atoms with Gasteiger partial charge >= 0.3 is 0 Å². The Balaban J connectivity index is 1.77. The number of hydrogen-bond donors (Lipinski definition) is 1. The van der Waals surface area contributed by atoms with Crippen molar-refractivity contribution in [2.75, 3.05) is 0 Å². The van der Waals surface area contributed by atoms with E-state index in [1.54, 1.807) is 17.5 Å². The van der Waals surface area contributed by atoms with Gasteiger partial charge < -0.3 is 5.32 Å². The number of nitrogens with one attached hydrogen (secondary N) is 1. The van der Waals surface area contributed by atoms with E-state index < -0.39 is 0 Å². The van der Waals surface area contributed by atoms with E-state index in [0.29, 0.717) is 5.56 Å². The predicted octanol–water partition coefficient (Wildman–Crippen LogP) is 4.30. The fourth-order valence-electron chi connectivity index (χ4n) is 2.26. The van der Waals surface area contributed by atoms with Crippen molar-refractivity contribution in [2.45, 2.75) is 13.0 Å². The molecule has 22 heavy (non-hydrogen) atoms. The summed E-state index contributed by atoms with van der Waals surface area (Å²) >= 11 is 1.56. The Morgan fingerprint density at radius 2 is 1.95 bits per heavy atom. The number of amides is 1. The number of thiazole rings is 1. The SMILES string of the molecule is CC(NC(=O)c1cccc(-c2nccs2)c1)c1ccccc1. The van der Waals surface area contributed by atoms with Crippen molar-refractivity contribution >= 4 is 17.2 Å². The third kappa shape index (κ3) is 3.23. The molecule has 0 aliphatic carbocycles. The fourth-order valence-corrected chi connectivity index (χ4v) is 2.90. The lowest BCUT2D eigenvalue weighted by Crippen LogP contribution is -2.26. The Morgan fingerprint density at radius 3 is 2.68 bits per heavy atom. The standard InChI is InChI=1S/C18H16N2OS/c1-13(14-6-3-2-4-7-14)20-17(21)15-8-5-9-16(12-15)18-19-10-11-22-18/h2-13H,1H3,(H,20,21). The number of aromatic nitrogens is 1. The van der Waals surface area contributed by atoms with Crippen molar-refractivity contribution in [2.24, 2.45) is 0 Å². The van der Waals surface area contributed by atoms with Crippen molar-refractivity contribution in [1.29, 1.82) is 0 Å². The van der Waals surface area contributed by atoms with E-state index in [9.17, 15) is 4.79 Å². The zero-order valence-electron chi connectivity index (χ0n) is 12.2. The van der Waals surface area contributed by atoms with Gasteiger partial charge in [-0.2, -0.15) is 0 Å². The van der Waals surface area contributed by atoms with E-state index in [4.69, 9.17) is 0 Å². The first kappa shape index (κ1) is 14.5. The van der Waals surface area contributed by atoms with E-state index in [0.717, 1.165) is 16.1 Å².